The summed E-state index contributed by atoms with van der Waals surface area (Å²) in [5.74, 6) is -1.07. The Balaban J connectivity index is 2.00. The third kappa shape index (κ3) is 4.61. The Labute approximate surface area is 175 Å². The van der Waals surface area contributed by atoms with Crippen LogP contribution < -0.4 is 10.3 Å². The van der Waals surface area contributed by atoms with Crippen molar-refractivity contribution < 1.29 is 27.4 Å². The Hall–Kier alpha value is -3.20. The number of H-pyrrole nitrogens is 1. The normalized spacial score (nSPS) is 15.2. The number of methoxy groups -OCH3 is 1. The smallest absolute Gasteiger partial charge is 0.422 e. The highest BCUT2D eigenvalue weighted by Gasteiger charge is 2.53. The first-order valence-electron chi connectivity index (χ1n) is 9.34. The quantitative estimate of drug-likeness (QED) is 0.428. The number of pyridine rings is 1. The van der Waals surface area contributed by atoms with Crippen molar-refractivity contribution in [1.29, 1.82) is 0 Å². The van der Waals surface area contributed by atoms with Crippen LogP contribution in [0.5, 0.6) is 5.75 Å². The van der Waals surface area contributed by atoms with Gasteiger partial charge >= 0.3 is 6.18 Å². The number of hydrogen-bond acceptors (Lipinski definition) is 4. The summed E-state index contributed by atoms with van der Waals surface area (Å²) in [4.78, 5) is 17.6. The average molecular weight is 436 g/mol. The molecule has 0 fully saturated rings. The summed E-state index contributed by atoms with van der Waals surface area (Å²) in [6.45, 7) is 1.54. The molecule has 3 rings (SSSR count). The van der Waals surface area contributed by atoms with E-state index in [9.17, 15) is 27.5 Å². The Morgan fingerprint density at radius 1 is 1.16 bits per heavy atom. The molecule has 0 aliphatic carbocycles. The summed E-state index contributed by atoms with van der Waals surface area (Å²) >= 11 is 0. The highest BCUT2D eigenvalue weighted by Crippen LogP contribution is 2.40. The van der Waals surface area contributed by atoms with Crippen molar-refractivity contribution in [1.82, 2.24) is 4.98 Å². The van der Waals surface area contributed by atoms with Gasteiger partial charge in [0.15, 0.2) is 5.60 Å². The standard InChI is InChI=1S/C22H20F4N2O3/c1-13(14-5-3-4-6-18(14)31-2)11-21(30,22(24,25)26)12-27-17-9-8-16(23)20-15(17)7-10-19(29)28-20/h3-10,12-13,30H,11H2,1-2H3,(H,28,29). The van der Waals surface area contributed by atoms with Crippen LogP contribution in [0.1, 0.15) is 24.8 Å². The van der Waals surface area contributed by atoms with Gasteiger partial charge in [-0.3, -0.25) is 9.79 Å². The van der Waals surface area contributed by atoms with Crippen molar-refractivity contribution >= 4 is 22.8 Å². The van der Waals surface area contributed by atoms with Gasteiger partial charge in [0.1, 0.15) is 11.6 Å². The molecular formula is C22H20F4N2O3. The maximum absolute atomic E-state index is 14.0. The van der Waals surface area contributed by atoms with Gasteiger partial charge in [0, 0.05) is 17.7 Å². The molecule has 1 aromatic heterocycles. The molecule has 0 bridgehead atoms. The van der Waals surface area contributed by atoms with E-state index in [0.29, 0.717) is 17.5 Å². The van der Waals surface area contributed by atoms with Crippen LogP contribution >= 0.6 is 0 Å². The molecule has 3 aromatic rings. The second kappa shape index (κ2) is 8.50. The highest BCUT2D eigenvalue weighted by molar-refractivity contribution is 5.92. The fourth-order valence-electron chi connectivity index (χ4n) is 3.38. The number of benzene rings is 2. The van der Waals surface area contributed by atoms with Gasteiger partial charge in [-0.2, -0.15) is 13.2 Å². The van der Waals surface area contributed by atoms with Crippen molar-refractivity contribution in [2.24, 2.45) is 4.99 Å². The summed E-state index contributed by atoms with van der Waals surface area (Å²) in [5, 5.41) is 10.6. The monoisotopic (exact) mass is 436 g/mol. The summed E-state index contributed by atoms with van der Waals surface area (Å²) in [5.41, 5.74) is -3.52. The van der Waals surface area contributed by atoms with Crippen LogP contribution in [0.25, 0.3) is 10.9 Å². The van der Waals surface area contributed by atoms with E-state index in [4.69, 9.17) is 4.74 Å². The number of aliphatic imine (C=N–C) groups is 1. The number of rotatable bonds is 6. The molecule has 0 aliphatic rings. The summed E-state index contributed by atoms with van der Waals surface area (Å²) in [6.07, 6.45) is -5.32. The van der Waals surface area contributed by atoms with Gasteiger partial charge < -0.3 is 14.8 Å². The first-order chi connectivity index (χ1) is 14.6. The van der Waals surface area contributed by atoms with E-state index in [1.54, 1.807) is 31.2 Å². The number of aromatic amines is 1. The minimum atomic E-state index is -5.02. The highest BCUT2D eigenvalue weighted by atomic mass is 19.4. The van der Waals surface area contributed by atoms with Crippen LogP contribution in [0.2, 0.25) is 0 Å². The van der Waals surface area contributed by atoms with E-state index in [1.807, 2.05) is 0 Å². The van der Waals surface area contributed by atoms with Gasteiger partial charge in [-0.1, -0.05) is 25.1 Å². The number of aromatic nitrogens is 1. The fraction of sp³-hybridized carbons (Fsp3) is 0.273. The van der Waals surface area contributed by atoms with Gasteiger partial charge in [0.2, 0.25) is 5.56 Å². The molecule has 2 atom stereocenters. The SMILES string of the molecule is COc1ccccc1C(C)CC(O)(C=Nc1ccc(F)c2[nH]c(=O)ccc12)C(F)(F)F. The predicted octanol–water partition coefficient (Wildman–Crippen LogP) is 4.87. The lowest BCUT2D eigenvalue weighted by Gasteiger charge is -2.30. The van der Waals surface area contributed by atoms with Crippen LogP contribution in [-0.4, -0.2) is 35.2 Å². The van der Waals surface area contributed by atoms with Crippen LogP contribution in [-0.2, 0) is 0 Å². The maximum Gasteiger partial charge on any atom is 0.422 e. The molecule has 2 N–H and O–H groups in total. The molecule has 0 saturated carbocycles. The zero-order chi connectivity index (χ0) is 22.8. The fourth-order valence-corrected chi connectivity index (χ4v) is 3.38. The lowest BCUT2D eigenvalue weighted by atomic mass is 9.86. The van der Waals surface area contributed by atoms with E-state index >= 15 is 0 Å². The van der Waals surface area contributed by atoms with Crippen molar-refractivity contribution in [3.8, 4) is 5.75 Å². The summed E-state index contributed by atoms with van der Waals surface area (Å²) < 4.78 is 60.6. The molecular weight excluding hydrogens is 416 g/mol. The Morgan fingerprint density at radius 2 is 1.87 bits per heavy atom. The van der Waals surface area contributed by atoms with Gasteiger partial charge in [-0.15, -0.1) is 0 Å². The Kier molecular flexibility index (Phi) is 6.17. The minimum absolute atomic E-state index is 0.0275. The van der Waals surface area contributed by atoms with Gasteiger partial charge in [0.25, 0.3) is 0 Å². The van der Waals surface area contributed by atoms with Crippen LogP contribution in [0.15, 0.2) is 58.3 Å². The van der Waals surface area contributed by atoms with Crippen LogP contribution in [0, 0.1) is 5.82 Å². The van der Waals surface area contributed by atoms with Gasteiger partial charge in [0.05, 0.1) is 18.3 Å². The number of ether oxygens (including phenoxy) is 1. The third-order valence-corrected chi connectivity index (χ3v) is 5.02. The number of alkyl halides is 3. The minimum Gasteiger partial charge on any atom is -0.496 e. The average Bonchev–Trinajstić information content (AvgIpc) is 2.72. The molecule has 0 saturated heterocycles. The Morgan fingerprint density at radius 3 is 2.55 bits per heavy atom. The van der Waals surface area contributed by atoms with Crippen molar-refractivity contribution in [3.63, 3.8) is 0 Å². The topological polar surface area (TPSA) is 74.7 Å². The van der Waals surface area contributed by atoms with E-state index in [2.05, 4.69) is 9.98 Å². The number of fused-ring (bicyclic) bond motifs is 1. The summed E-state index contributed by atoms with van der Waals surface area (Å²) in [7, 11) is 1.41. The Bertz CT molecular complexity index is 1170. The second-order valence-electron chi connectivity index (χ2n) is 7.21. The molecule has 0 radical (unpaired) electrons. The third-order valence-electron chi connectivity index (χ3n) is 5.02. The zero-order valence-electron chi connectivity index (χ0n) is 16.7. The molecule has 0 amide bonds. The van der Waals surface area contributed by atoms with Crippen molar-refractivity contribution in [2.45, 2.75) is 31.0 Å². The molecule has 164 valence electrons. The predicted molar refractivity (Wildman–Crippen MR) is 110 cm³/mol. The van der Waals surface area contributed by atoms with E-state index in [-0.39, 0.29) is 16.6 Å². The molecule has 1 heterocycles. The second-order valence-corrected chi connectivity index (χ2v) is 7.21. The number of halogens is 4. The molecule has 9 heteroatoms. The number of para-hydroxylation sites is 1. The number of aliphatic hydroxyl groups is 1. The number of hydrogen-bond donors (Lipinski definition) is 2. The molecule has 31 heavy (non-hydrogen) atoms. The van der Waals surface area contributed by atoms with E-state index in [0.717, 1.165) is 12.1 Å². The first kappa shape index (κ1) is 22.5. The molecule has 0 aliphatic heterocycles. The lowest BCUT2D eigenvalue weighted by Crippen LogP contribution is -2.47. The number of nitrogens with one attached hydrogen (secondary N) is 1. The van der Waals surface area contributed by atoms with Gasteiger partial charge in [-0.25, -0.2) is 4.39 Å². The summed E-state index contributed by atoms with van der Waals surface area (Å²) in [6, 6.07) is 11.1. The van der Waals surface area contributed by atoms with Crippen LogP contribution in [0.4, 0.5) is 23.2 Å². The lowest BCUT2D eigenvalue weighted by molar-refractivity contribution is -0.231. The van der Waals surface area contributed by atoms with Crippen molar-refractivity contribution in [3.05, 3.63) is 70.3 Å². The zero-order valence-corrected chi connectivity index (χ0v) is 16.7. The molecule has 0 spiro atoms. The van der Waals surface area contributed by atoms with Crippen LogP contribution in [0.3, 0.4) is 0 Å². The number of nitrogens with zero attached hydrogens (tertiary/aromatic N) is 1. The maximum atomic E-state index is 14.0. The van der Waals surface area contributed by atoms with E-state index in [1.165, 1.54) is 19.2 Å². The van der Waals surface area contributed by atoms with Gasteiger partial charge in [-0.05, 0) is 42.2 Å². The molecule has 5 nitrogen and oxygen atoms in total. The first-order valence-corrected chi connectivity index (χ1v) is 9.34. The van der Waals surface area contributed by atoms with E-state index < -0.39 is 35.5 Å². The molecule has 2 unspecified atom stereocenters. The van der Waals surface area contributed by atoms with Crippen molar-refractivity contribution in [2.75, 3.05) is 7.11 Å². The largest absolute Gasteiger partial charge is 0.496 e. The molecule has 2 aromatic carbocycles.